The fraction of sp³-hybridized carbons (Fsp3) is 0.590. The maximum Gasteiger partial charge on any atom is 0.408 e. The van der Waals surface area contributed by atoms with E-state index in [0.717, 1.165) is 31.1 Å². The largest absolute Gasteiger partial charge is 0.497 e. The molecule has 2 aliphatic heterocycles. The molecule has 0 radical (unpaired) electrons. The second-order valence-electron chi connectivity index (χ2n) is 16.3. The second kappa shape index (κ2) is 15.5. The van der Waals surface area contributed by atoms with Gasteiger partial charge in [-0.25, -0.2) is 23.2 Å². The lowest BCUT2D eigenvalue weighted by molar-refractivity contribution is -0.141. The van der Waals surface area contributed by atoms with E-state index in [1.54, 1.807) is 46.1 Å². The fourth-order valence-electron chi connectivity index (χ4n) is 7.74. The van der Waals surface area contributed by atoms with Crippen LogP contribution in [0.1, 0.15) is 91.4 Å². The van der Waals surface area contributed by atoms with Crippen LogP contribution in [0.25, 0.3) is 22.4 Å². The van der Waals surface area contributed by atoms with Crippen LogP contribution in [0.5, 0.6) is 11.6 Å². The van der Waals surface area contributed by atoms with Gasteiger partial charge in [0.05, 0.1) is 25.1 Å². The van der Waals surface area contributed by atoms with Gasteiger partial charge in [-0.3, -0.25) is 19.1 Å². The van der Waals surface area contributed by atoms with Crippen molar-refractivity contribution in [1.29, 1.82) is 0 Å². The predicted octanol–water partition coefficient (Wildman–Crippen LogP) is 4.37. The van der Waals surface area contributed by atoms with Gasteiger partial charge in [-0.2, -0.15) is 0 Å². The van der Waals surface area contributed by atoms with Crippen molar-refractivity contribution in [2.75, 3.05) is 13.7 Å². The number of hydrogen-bond donors (Lipinski definition) is 3. The number of oxazole rings is 1. The van der Waals surface area contributed by atoms with Crippen molar-refractivity contribution in [3.8, 4) is 23.2 Å². The van der Waals surface area contributed by atoms with Gasteiger partial charge in [0.15, 0.2) is 0 Å². The van der Waals surface area contributed by atoms with Crippen molar-refractivity contribution in [2.24, 2.45) is 5.92 Å². The van der Waals surface area contributed by atoms with Crippen molar-refractivity contribution >= 4 is 44.6 Å². The van der Waals surface area contributed by atoms with Crippen LogP contribution in [0.3, 0.4) is 0 Å². The summed E-state index contributed by atoms with van der Waals surface area (Å²) in [7, 11) is -2.33. The molecular weight excluding hydrogens is 745 g/mol. The number of carbonyl (C=O) groups is 4. The molecule has 4 amide bonds. The van der Waals surface area contributed by atoms with Gasteiger partial charge in [0.2, 0.25) is 33.6 Å². The van der Waals surface area contributed by atoms with Gasteiger partial charge in [-0.1, -0.05) is 32.1 Å². The Hall–Kier alpha value is -4.93. The highest BCUT2D eigenvalue weighted by molar-refractivity contribution is 7.91. The van der Waals surface area contributed by atoms with Gasteiger partial charge in [-0.15, -0.1) is 0 Å². The van der Waals surface area contributed by atoms with Gasteiger partial charge in [0.1, 0.15) is 47.0 Å². The molecule has 2 aliphatic carbocycles. The normalized spacial score (nSPS) is 26.2. The number of pyridine rings is 1. The van der Waals surface area contributed by atoms with Crippen LogP contribution in [0, 0.1) is 5.92 Å². The highest BCUT2D eigenvalue weighted by atomic mass is 32.2. The number of fused-ring (bicyclic) bond motifs is 3. The van der Waals surface area contributed by atoms with Gasteiger partial charge in [-0.05, 0) is 88.4 Å². The molecule has 4 fully saturated rings. The number of sulfonamides is 1. The van der Waals surface area contributed by atoms with Crippen LogP contribution < -0.4 is 24.8 Å². The SMILES string of the molecule is COc1ccc2c(O[C@@H]3C[C@H]4C(=O)N[C@]5(C(=O)NS(=O)(=O)C6CC6)C[C@H]5CCCCCCC[C@H](NC(=O)OC(C)(C)C)C(=O)N4C3)nc(-c3ncco3)cc2c1. The lowest BCUT2D eigenvalue weighted by Gasteiger charge is -2.30. The van der Waals surface area contributed by atoms with E-state index in [1.165, 1.54) is 17.4 Å². The van der Waals surface area contributed by atoms with Gasteiger partial charge in [0.25, 0.3) is 5.91 Å². The van der Waals surface area contributed by atoms with E-state index in [9.17, 15) is 27.6 Å². The molecule has 3 N–H and O–H groups in total. The summed E-state index contributed by atoms with van der Waals surface area (Å²) in [5, 5.41) is 6.42. The minimum atomic E-state index is -3.89. The Morgan fingerprint density at radius 2 is 1.79 bits per heavy atom. The number of aromatic nitrogens is 2. The van der Waals surface area contributed by atoms with Crippen molar-refractivity contribution in [1.82, 2.24) is 30.2 Å². The molecule has 2 aromatic heterocycles. The number of rotatable bonds is 8. The third-order valence-electron chi connectivity index (χ3n) is 10.9. The number of ether oxygens (including phenoxy) is 3. The zero-order valence-corrected chi connectivity index (χ0v) is 33.0. The average molecular weight is 795 g/mol. The number of nitrogens with zero attached hydrogens (tertiary/aromatic N) is 3. The van der Waals surface area contributed by atoms with E-state index in [0.29, 0.717) is 48.9 Å². The number of hydrogen-bond acceptors (Lipinski definition) is 12. The molecule has 0 spiro atoms. The molecular formula is C39H50N6O10S. The van der Waals surface area contributed by atoms with E-state index in [2.05, 4.69) is 20.3 Å². The number of amides is 4. The molecule has 1 aromatic carbocycles. The van der Waals surface area contributed by atoms with Gasteiger partial charge < -0.3 is 34.2 Å². The first-order chi connectivity index (χ1) is 26.7. The highest BCUT2D eigenvalue weighted by Gasteiger charge is 2.62. The smallest absolute Gasteiger partial charge is 0.408 e. The van der Waals surface area contributed by atoms with Crippen molar-refractivity contribution < 1.29 is 46.2 Å². The standard InChI is InChI=1S/C39H50N6O10S/c1-38(2,3)55-37(49)42-29-11-9-7-5-6-8-10-24-21-39(24,36(48)44-56(50,51)27-13-14-27)43-32(46)31-20-26(22-45(31)35(29)47)54-33-28-15-12-25(52-4)18-23(28)19-30(41-33)34-40-16-17-53-34/h12,15-19,24,26-27,29,31H,5-11,13-14,20-22H2,1-4H3,(H,42,49)(H,43,46)(H,44,48)/t24-,26-,29+,31+,39-/m1/s1. The minimum Gasteiger partial charge on any atom is -0.497 e. The highest BCUT2D eigenvalue weighted by Crippen LogP contribution is 2.48. The molecule has 302 valence electrons. The van der Waals surface area contributed by atoms with E-state index < -0.39 is 68.4 Å². The summed E-state index contributed by atoms with van der Waals surface area (Å²) in [4.78, 5) is 66.3. The molecule has 4 aliphatic rings. The molecule has 7 rings (SSSR count). The topological polar surface area (TPSA) is 208 Å². The molecule has 16 nitrogen and oxygen atoms in total. The lowest BCUT2D eigenvalue weighted by Crippen LogP contribution is -2.58. The zero-order chi connectivity index (χ0) is 39.8. The summed E-state index contributed by atoms with van der Waals surface area (Å²) in [6.45, 7) is 5.13. The summed E-state index contributed by atoms with van der Waals surface area (Å²) in [6.07, 6.45) is 7.55. The fourth-order valence-corrected chi connectivity index (χ4v) is 9.11. The van der Waals surface area contributed by atoms with E-state index in [1.807, 2.05) is 6.07 Å². The Bertz CT molecular complexity index is 2080. The Labute approximate surface area is 325 Å². The van der Waals surface area contributed by atoms with Crippen LogP contribution >= 0.6 is 0 Å². The molecule has 5 atom stereocenters. The first-order valence-electron chi connectivity index (χ1n) is 19.4. The molecule has 2 saturated heterocycles. The molecule has 4 heterocycles. The maximum atomic E-state index is 14.6. The Balaban J connectivity index is 1.22. The Morgan fingerprint density at radius 3 is 2.48 bits per heavy atom. The number of methoxy groups -OCH3 is 1. The molecule has 3 aromatic rings. The summed E-state index contributed by atoms with van der Waals surface area (Å²) < 4.78 is 51.1. The predicted molar refractivity (Wildman–Crippen MR) is 203 cm³/mol. The summed E-state index contributed by atoms with van der Waals surface area (Å²) in [5.41, 5.74) is -1.87. The lowest BCUT2D eigenvalue weighted by atomic mass is 10.0. The summed E-state index contributed by atoms with van der Waals surface area (Å²) in [5.74, 6) is -1.07. The number of nitrogens with one attached hydrogen (secondary N) is 3. The van der Waals surface area contributed by atoms with Crippen LogP contribution in [0.15, 0.2) is 41.1 Å². The number of benzene rings is 1. The average Bonchev–Trinajstić information content (AvgIpc) is 4.00. The van der Waals surface area contributed by atoms with Crippen molar-refractivity contribution in [2.45, 2.75) is 126 Å². The Morgan fingerprint density at radius 1 is 1.04 bits per heavy atom. The van der Waals surface area contributed by atoms with Crippen LogP contribution in [-0.2, 0) is 29.1 Å². The summed E-state index contributed by atoms with van der Waals surface area (Å²) >= 11 is 0. The Kier molecular flexibility index (Phi) is 10.9. The first-order valence-corrected chi connectivity index (χ1v) is 20.9. The van der Waals surface area contributed by atoms with Gasteiger partial charge in [0, 0.05) is 11.8 Å². The summed E-state index contributed by atoms with van der Waals surface area (Å²) in [6, 6.07) is 5.03. The third-order valence-corrected chi connectivity index (χ3v) is 12.7. The van der Waals surface area contributed by atoms with E-state index >= 15 is 0 Å². The first kappa shape index (κ1) is 39.3. The van der Waals surface area contributed by atoms with Crippen LogP contribution in [0.4, 0.5) is 4.79 Å². The van der Waals surface area contributed by atoms with Gasteiger partial charge >= 0.3 is 6.09 Å². The number of alkyl carbamates (subject to hydrolysis) is 1. The van der Waals surface area contributed by atoms with E-state index in [-0.39, 0.29) is 37.1 Å². The third kappa shape index (κ3) is 8.71. The maximum absolute atomic E-state index is 14.6. The second-order valence-corrected chi connectivity index (χ2v) is 18.3. The minimum absolute atomic E-state index is 0.0159. The molecule has 17 heteroatoms. The van der Waals surface area contributed by atoms with Crippen molar-refractivity contribution in [3.63, 3.8) is 0 Å². The molecule has 0 bridgehead atoms. The zero-order valence-electron chi connectivity index (χ0n) is 32.2. The molecule has 0 unspecified atom stereocenters. The van der Waals surface area contributed by atoms with Crippen LogP contribution in [0.2, 0.25) is 0 Å². The number of carbonyl (C=O) groups excluding carboxylic acids is 4. The monoisotopic (exact) mass is 794 g/mol. The molecule has 2 saturated carbocycles. The quantitative estimate of drug-likeness (QED) is 0.291. The van der Waals surface area contributed by atoms with E-state index in [4.69, 9.17) is 23.6 Å². The van der Waals surface area contributed by atoms with Crippen molar-refractivity contribution in [3.05, 3.63) is 36.7 Å². The molecule has 56 heavy (non-hydrogen) atoms. The van der Waals surface area contributed by atoms with Crippen LogP contribution in [-0.4, -0.2) is 95.3 Å².